The fourth-order valence-corrected chi connectivity index (χ4v) is 3.24. The van der Waals surface area contributed by atoms with Gasteiger partial charge in [0.1, 0.15) is 5.82 Å². The summed E-state index contributed by atoms with van der Waals surface area (Å²) in [4.78, 5) is 4.23. The van der Waals surface area contributed by atoms with Gasteiger partial charge in [-0.3, -0.25) is 0 Å². The van der Waals surface area contributed by atoms with Gasteiger partial charge in [0, 0.05) is 39.3 Å². The highest BCUT2D eigenvalue weighted by Crippen LogP contribution is 2.20. The van der Waals surface area contributed by atoms with Crippen molar-refractivity contribution in [3.63, 3.8) is 0 Å². The van der Waals surface area contributed by atoms with Crippen molar-refractivity contribution in [3.05, 3.63) is 30.1 Å². The zero-order chi connectivity index (χ0) is 15.4. The first-order valence-corrected chi connectivity index (χ1v) is 8.29. The molecular weight excluding hydrogens is 301 g/mol. The number of rotatable bonds is 3. The van der Waals surface area contributed by atoms with E-state index in [0.29, 0.717) is 5.69 Å². The molecule has 2 heterocycles. The predicted molar refractivity (Wildman–Crippen MR) is 89.8 cm³/mol. The number of ether oxygens (including phenoxy) is 1. The van der Waals surface area contributed by atoms with Crippen molar-refractivity contribution in [2.75, 3.05) is 44.2 Å². The molecule has 0 saturated carbocycles. The average Bonchev–Trinajstić information content (AvgIpc) is 3.07. The molecule has 0 aliphatic carbocycles. The normalized spacial score (nSPS) is 22.0. The van der Waals surface area contributed by atoms with Crippen LogP contribution in [0.15, 0.2) is 24.3 Å². The molecule has 0 radical (unpaired) electrons. The van der Waals surface area contributed by atoms with E-state index in [2.05, 4.69) is 15.1 Å². The first kappa shape index (κ1) is 15.5. The van der Waals surface area contributed by atoms with Crippen molar-refractivity contribution < 1.29 is 9.13 Å². The van der Waals surface area contributed by atoms with Gasteiger partial charge >= 0.3 is 0 Å². The van der Waals surface area contributed by atoms with Gasteiger partial charge in [0.2, 0.25) is 0 Å². The number of halogens is 1. The maximum atomic E-state index is 13.8. The molecule has 2 fully saturated rings. The summed E-state index contributed by atoms with van der Waals surface area (Å²) in [7, 11) is 0. The summed E-state index contributed by atoms with van der Waals surface area (Å²) in [5.41, 5.74) is 0.681. The second-order valence-electron chi connectivity index (χ2n) is 5.75. The quantitative estimate of drug-likeness (QED) is 0.859. The van der Waals surface area contributed by atoms with Crippen LogP contribution in [0.4, 0.5) is 10.1 Å². The number of piperazine rings is 1. The molecule has 1 unspecified atom stereocenters. The summed E-state index contributed by atoms with van der Waals surface area (Å²) in [6, 6.07) is 6.94. The Morgan fingerprint density at radius 1 is 1.27 bits per heavy atom. The summed E-state index contributed by atoms with van der Waals surface area (Å²) in [6.07, 6.45) is 2.54. The average molecular weight is 323 g/mol. The monoisotopic (exact) mass is 323 g/mol. The van der Waals surface area contributed by atoms with Crippen molar-refractivity contribution in [2.24, 2.45) is 0 Å². The van der Waals surface area contributed by atoms with Gasteiger partial charge in [-0.2, -0.15) is 0 Å². The first-order chi connectivity index (χ1) is 10.7. The van der Waals surface area contributed by atoms with E-state index < -0.39 is 0 Å². The van der Waals surface area contributed by atoms with Crippen LogP contribution in [0.5, 0.6) is 0 Å². The van der Waals surface area contributed by atoms with Crippen LogP contribution in [-0.2, 0) is 4.74 Å². The topological polar surface area (TPSA) is 27.7 Å². The third-order valence-corrected chi connectivity index (χ3v) is 4.67. The third-order valence-electron chi connectivity index (χ3n) is 4.26. The summed E-state index contributed by atoms with van der Waals surface area (Å²) >= 11 is 5.46. The molecule has 1 aromatic rings. The van der Waals surface area contributed by atoms with Crippen molar-refractivity contribution >= 4 is 23.0 Å². The molecule has 4 nitrogen and oxygen atoms in total. The van der Waals surface area contributed by atoms with Crippen molar-refractivity contribution in [1.29, 1.82) is 0 Å². The van der Waals surface area contributed by atoms with Crippen molar-refractivity contribution in [3.8, 4) is 0 Å². The molecule has 0 aromatic heterocycles. The third kappa shape index (κ3) is 3.67. The molecule has 3 rings (SSSR count). The molecule has 2 aliphatic rings. The SMILES string of the molecule is Fc1ccccc1N1CCN(C(=S)NCC2CCCO2)CC1. The van der Waals surface area contributed by atoms with Crippen molar-refractivity contribution in [1.82, 2.24) is 10.2 Å². The second kappa shape index (κ2) is 7.24. The highest BCUT2D eigenvalue weighted by molar-refractivity contribution is 7.80. The van der Waals surface area contributed by atoms with Gasteiger partial charge in [-0.15, -0.1) is 0 Å². The minimum Gasteiger partial charge on any atom is -0.376 e. The molecule has 0 amide bonds. The van der Waals surface area contributed by atoms with Crippen LogP contribution in [0.3, 0.4) is 0 Å². The number of hydrogen-bond acceptors (Lipinski definition) is 3. The summed E-state index contributed by atoms with van der Waals surface area (Å²) in [5, 5.41) is 4.08. The van der Waals surface area contributed by atoms with Crippen LogP contribution >= 0.6 is 12.2 Å². The minimum atomic E-state index is -0.157. The molecule has 2 saturated heterocycles. The number of benzene rings is 1. The summed E-state index contributed by atoms with van der Waals surface area (Å²) in [5.74, 6) is -0.157. The van der Waals surface area contributed by atoms with Crippen LogP contribution in [0, 0.1) is 5.82 Å². The van der Waals surface area contributed by atoms with E-state index in [1.54, 1.807) is 6.07 Å². The lowest BCUT2D eigenvalue weighted by atomic mass is 10.2. The van der Waals surface area contributed by atoms with E-state index >= 15 is 0 Å². The number of thiocarbonyl (C=S) groups is 1. The van der Waals surface area contributed by atoms with Gasteiger partial charge < -0.3 is 19.9 Å². The Kier molecular flexibility index (Phi) is 5.10. The van der Waals surface area contributed by atoms with Crippen LogP contribution < -0.4 is 10.2 Å². The van der Waals surface area contributed by atoms with Crippen LogP contribution in [0.2, 0.25) is 0 Å². The van der Waals surface area contributed by atoms with Crippen molar-refractivity contribution in [2.45, 2.75) is 18.9 Å². The van der Waals surface area contributed by atoms with Crippen LogP contribution in [0.1, 0.15) is 12.8 Å². The van der Waals surface area contributed by atoms with Gasteiger partial charge in [0.05, 0.1) is 11.8 Å². The maximum Gasteiger partial charge on any atom is 0.169 e. The summed E-state index contributed by atoms with van der Waals surface area (Å²) < 4.78 is 19.4. The molecule has 0 spiro atoms. The Balaban J connectivity index is 1.46. The molecule has 1 N–H and O–H groups in total. The number of nitrogens with zero attached hydrogens (tertiary/aromatic N) is 2. The Morgan fingerprint density at radius 2 is 2.05 bits per heavy atom. The van der Waals surface area contributed by atoms with Crippen LogP contribution in [0.25, 0.3) is 0 Å². The lowest BCUT2D eigenvalue weighted by Gasteiger charge is -2.37. The van der Waals surface area contributed by atoms with E-state index in [1.165, 1.54) is 6.07 Å². The zero-order valence-electron chi connectivity index (χ0n) is 12.6. The Labute approximate surface area is 136 Å². The molecule has 120 valence electrons. The van der Waals surface area contributed by atoms with Gasteiger partial charge in [-0.1, -0.05) is 12.1 Å². The van der Waals surface area contributed by atoms with E-state index in [-0.39, 0.29) is 11.9 Å². The molecule has 6 heteroatoms. The highest BCUT2D eigenvalue weighted by Gasteiger charge is 2.22. The standard InChI is InChI=1S/C16H22FN3OS/c17-14-5-1-2-6-15(14)19-7-9-20(10-8-19)16(22)18-12-13-4-3-11-21-13/h1-2,5-6,13H,3-4,7-12H2,(H,18,22). The van der Waals surface area contributed by atoms with E-state index in [0.717, 1.165) is 57.3 Å². The van der Waals surface area contributed by atoms with Gasteiger partial charge in [-0.25, -0.2) is 4.39 Å². The zero-order valence-corrected chi connectivity index (χ0v) is 13.4. The lowest BCUT2D eigenvalue weighted by Crippen LogP contribution is -2.52. The fraction of sp³-hybridized carbons (Fsp3) is 0.562. The predicted octanol–water partition coefficient (Wildman–Crippen LogP) is 2.00. The lowest BCUT2D eigenvalue weighted by molar-refractivity contribution is 0.113. The van der Waals surface area contributed by atoms with E-state index in [4.69, 9.17) is 17.0 Å². The van der Waals surface area contributed by atoms with Gasteiger partial charge in [0.15, 0.2) is 5.11 Å². The Bertz CT molecular complexity index is 514. The number of nitrogens with one attached hydrogen (secondary N) is 1. The molecule has 0 bridgehead atoms. The summed E-state index contributed by atoms with van der Waals surface area (Å²) in [6.45, 7) is 4.83. The molecule has 2 aliphatic heterocycles. The largest absolute Gasteiger partial charge is 0.376 e. The second-order valence-corrected chi connectivity index (χ2v) is 6.13. The minimum absolute atomic E-state index is 0.157. The smallest absolute Gasteiger partial charge is 0.169 e. The molecule has 22 heavy (non-hydrogen) atoms. The van der Waals surface area contributed by atoms with E-state index in [1.807, 2.05) is 12.1 Å². The Hall–Kier alpha value is -1.40. The Morgan fingerprint density at radius 3 is 2.73 bits per heavy atom. The molecular formula is C16H22FN3OS. The number of hydrogen-bond donors (Lipinski definition) is 1. The molecule has 1 aromatic carbocycles. The fourth-order valence-electron chi connectivity index (χ4n) is 2.98. The van der Waals surface area contributed by atoms with Gasteiger partial charge in [-0.05, 0) is 37.2 Å². The van der Waals surface area contributed by atoms with Crippen LogP contribution in [-0.4, -0.2) is 55.4 Å². The van der Waals surface area contributed by atoms with Gasteiger partial charge in [0.25, 0.3) is 0 Å². The highest BCUT2D eigenvalue weighted by atomic mass is 32.1. The molecule has 1 atom stereocenters. The maximum absolute atomic E-state index is 13.8. The first-order valence-electron chi connectivity index (χ1n) is 7.88. The number of anilines is 1. The number of para-hydroxylation sites is 1. The van der Waals surface area contributed by atoms with E-state index in [9.17, 15) is 4.39 Å².